The average Bonchev–Trinajstić information content (AvgIpc) is 2.43. The van der Waals surface area contributed by atoms with Gasteiger partial charge in [-0.3, -0.25) is 9.00 Å². The highest BCUT2D eigenvalue weighted by Gasteiger charge is 2.07. The fourth-order valence-electron chi connectivity index (χ4n) is 1.83. The molecule has 0 saturated carbocycles. The lowest BCUT2D eigenvalue weighted by atomic mass is 10.4. The van der Waals surface area contributed by atoms with E-state index in [1.807, 2.05) is 6.07 Å². The third-order valence-electron chi connectivity index (χ3n) is 2.82. The van der Waals surface area contributed by atoms with E-state index in [0.717, 1.165) is 0 Å². The van der Waals surface area contributed by atoms with Gasteiger partial charge in [-0.05, 0) is 24.6 Å². The molecule has 0 aliphatic heterocycles. The van der Waals surface area contributed by atoms with Gasteiger partial charge in [-0.1, -0.05) is 23.7 Å². The van der Waals surface area contributed by atoms with Gasteiger partial charge in [0.1, 0.15) is 0 Å². The zero-order chi connectivity index (χ0) is 14.5. The largest absolute Gasteiger partial charge is 0.398 e. The third-order valence-corrected chi connectivity index (χ3v) is 4.76. The minimum Gasteiger partial charge on any atom is -0.398 e. The third kappa shape index (κ3) is 3.71. The van der Waals surface area contributed by atoms with Crippen LogP contribution in [0.5, 0.6) is 0 Å². The molecule has 0 spiro atoms. The Morgan fingerprint density at radius 2 is 1.95 bits per heavy atom. The normalized spacial score (nSPS) is 12.2. The number of pyridine rings is 1. The number of aromatic nitrogens is 1. The fourth-order valence-corrected chi connectivity index (χ4v) is 3.35. The molecule has 106 valence electrons. The van der Waals surface area contributed by atoms with Gasteiger partial charge in [-0.15, -0.1) is 0 Å². The Hall–Kier alpha value is -1.59. The SMILES string of the molecule is Nc1ccc(=O)n(CCCS(=O)c2ccccc2Cl)c1. The number of rotatable bonds is 5. The number of nitrogen functional groups attached to an aromatic ring is 1. The van der Waals surface area contributed by atoms with Gasteiger partial charge < -0.3 is 10.3 Å². The summed E-state index contributed by atoms with van der Waals surface area (Å²) in [6.45, 7) is 0.486. The van der Waals surface area contributed by atoms with Gasteiger partial charge in [-0.25, -0.2) is 0 Å². The second-order valence-corrected chi connectivity index (χ2v) is 6.27. The lowest BCUT2D eigenvalue weighted by molar-refractivity contribution is 0.644. The topological polar surface area (TPSA) is 65.1 Å². The van der Waals surface area contributed by atoms with Gasteiger partial charge >= 0.3 is 0 Å². The highest BCUT2D eigenvalue weighted by Crippen LogP contribution is 2.19. The van der Waals surface area contributed by atoms with Crippen LogP contribution in [0.3, 0.4) is 0 Å². The van der Waals surface area contributed by atoms with Crippen LogP contribution in [0.25, 0.3) is 0 Å². The number of nitrogens with zero attached hydrogens (tertiary/aromatic N) is 1. The van der Waals surface area contributed by atoms with Crippen LogP contribution in [0.15, 0.2) is 52.3 Å². The van der Waals surface area contributed by atoms with Crippen LogP contribution < -0.4 is 11.3 Å². The summed E-state index contributed by atoms with van der Waals surface area (Å²) in [4.78, 5) is 12.2. The van der Waals surface area contributed by atoms with Crippen molar-refractivity contribution in [2.24, 2.45) is 0 Å². The lowest BCUT2D eigenvalue weighted by Crippen LogP contribution is -2.19. The number of benzene rings is 1. The van der Waals surface area contributed by atoms with E-state index in [0.29, 0.717) is 34.3 Å². The molecular formula is C14H15ClN2O2S. The van der Waals surface area contributed by atoms with Gasteiger partial charge in [0.15, 0.2) is 0 Å². The molecule has 4 nitrogen and oxygen atoms in total. The number of nitrogens with two attached hydrogens (primary N) is 1. The van der Waals surface area contributed by atoms with Crippen molar-refractivity contribution in [2.75, 3.05) is 11.5 Å². The summed E-state index contributed by atoms with van der Waals surface area (Å²) >= 11 is 6.00. The molecule has 1 unspecified atom stereocenters. The van der Waals surface area contributed by atoms with Crippen molar-refractivity contribution in [1.29, 1.82) is 0 Å². The van der Waals surface area contributed by atoms with E-state index in [4.69, 9.17) is 17.3 Å². The zero-order valence-electron chi connectivity index (χ0n) is 10.8. The maximum absolute atomic E-state index is 12.1. The van der Waals surface area contributed by atoms with Crippen molar-refractivity contribution in [3.05, 3.63) is 58.0 Å². The van der Waals surface area contributed by atoms with E-state index in [-0.39, 0.29) is 5.56 Å². The minimum atomic E-state index is -1.16. The molecule has 0 radical (unpaired) electrons. The second-order valence-electron chi connectivity index (χ2n) is 4.33. The van der Waals surface area contributed by atoms with Crippen LogP contribution >= 0.6 is 11.6 Å². The fraction of sp³-hybridized carbons (Fsp3) is 0.214. The molecule has 0 amide bonds. The van der Waals surface area contributed by atoms with Gasteiger partial charge in [0, 0.05) is 30.2 Å². The Bertz CT molecular complexity index is 685. The van der Waals surface area contributed by atoms with E-state index in [1.165, 1.54) is 10.6 Å². The number of aryl methyl sites for hydroxylation is 1. The van der Waals surface area contributed by atoms with Crippen LogP contribution in [0.2, 0.25) is 5.02 Å². The maximum atomic E-state index is 12.1. The summed E-state index contributed by atoms with van der Waals surface area (Å²) in [5, 5.41) is 0.506. The quantitative estimate of drug-likeness (QED) is 0.921. The molecule has 2 N–H and O–H groups in total. The first-order valence-electron chi connectivity index (χ1n) is 6.17. The molecule has 0 saturated heterocycles. The lowest BCUT2D eigenvalue weighted by Gasteiger charge is -2.07. The molecule has 1 atom stereocenters. The van der Waals surface area contributed by atoms with E-state index >= 15 is 0 Å². The zero-order valence-corrected chi connectivity index (χ0v) is 12.4. The van der Waals surface area contributed by atoms with Crippen LogP contribution in [-0.4, -0.2) is 14.5 Å². The van der Waals surface area contributed by atoms with Crippen molar-refractivity contribution in [3.63, 3.8) is 0 Å². The smallest absolute Gasteiger partial charge is 0.250 e. The van der Waals surface area contributed by atoms with Crippen molar-refractivity contribution in [3.8, 4) is 0 Å². The van der Waals surface area contributed by atoms with E-state index in [1.54, 1.807) is 30.5 Å². The summed E-state index contributed by atoms with van der Waals surface area (Å²) in [7, 11) is -1.16. The summed E-state index contributed by atoms with van der Waals surface area (Å²) in [5.41, 5.74) is 6.06. The Balaban J connectivity index is 1.96. The molecule has 1 heterocycles. The molecule has 0 aliphatic rings. The Kier molecular flexibility index (Phi) is 4.98. The molecular weight excluding hydrogens is 296 g/mol. The monoisotopic (exact) mass is 310 g/mol. The molecule has 1 aromatic heterocycles. The first-order chi connectivity index (χ1) is 9.58. The minimum absolute atomic E-state index is 0.109. The van der Waals surface area contributed by atoms with Crippen molar-refractivity contribution in [1.82, 2.24) is 4.57 Å². The van der Waals surface area contributed by atoms with Gasteiger partial charge in [0.25, 0.3) is 5.56 Å². The van der Waals surface area contributed by atoms with Crippen LogP contribution in [-0.2, 0) is 17.3 Å². The van der Waals surface area contributed by atoms with E-state index in [2.05, 4.69) is 0 Å². The van der Waals surface area contributed by atoms with Crippen LogP contribution in [0, 0.1) is 0 Å². The summed E-state index contributed by atoms with van der Waals surface area (Å²) < 4.78 is 13.6. The van der Waals surface area contributed by atoms with Gasteiger partial charge in [0.05, 0.1) is 20.7 Å². The predicted molar refractivity (Wildman–Crippen MR) is 82.5 cm³/mol. The first kappa shape index (κ1) is 14.8. The molecule has 6 heteroatoms. The Morgan fingerprint density at radius 1 is 1.20 bits per heavy atom. The molecule has 20 heavy (non-hydrogen) atoms. The molecule has 0 aliphatic carbocycles. The average molecular weight is 311 g/mol. The summed E-state index contributed by atoms with van der Waals surface area (Å²) in [5.74, 6) is 0.449. The molecule has 1 aromatic carbocycles. The van der Waals surface area contributed by atoms with Crippen LogP contribution in [0.1, 0.15) is 6.42 Å². The Morgan fingerprint density at radius 3 is 2.70 bits per heavy atom. The van der Waals surface area contributed by atoms with Crippen LogP contribution in [0.4, 0.5) is 5.69 Å². The van der Waals surface area contributed by atoms with Crippen molar-refractivity contribution >= 4 is 28.1 Å². The Labute approximate surface area is 124 Å². The van der Waals surface area contributed by atoms with E-state index < -0.39 is 10.8 Å². The van der Waals surface area contributed by atoms with Crippen molar-refractivity contribution in [2.45, 2.75) is 17.9 Å². The van der Waals surface area contributed by atoms with Gasteiger partial charge in [0.2, 0.25) is 0 Å². The van der Waals surface area contributed by atoms with E-state index in [9.17, 15) is 9.00 Å². The number of hydrogen-bond donors (Lipinski definition) is 1. The number of halogens is 1. The molecule has 2 aromatic rings. The number of anilines is 1. The first-order valence-corrected chi connectivity index (χ1v) is 7.86. The number of hydrogen-bond acceptors (Lipinski definition) is 3. The summed E-state index contributed by atoms with van der Waals surface area (Å²) in [6, 6.07) is 10.1. The summed E-state index contributed by atoms with van der Waals surface area (Å²) in [6.07, 6.45) is 2.21. The second kappa shape index (κ2) is 6.72. The molecule has 0 fully saturated rings. The highest BCUT2D eigenvalue weighted by atomic mass is 35.5. The maximum Gasteiger partial charge on any atom is 0.250 e. The molecule has 2 rings (SSSR count). The van der Waals surface area contributed by atoms with Crippen molar-refractivity contribution < 1.29 is 4.21 Å². The highest BCUT2D eigenvalue weighted by molar-refractivity contribution is 7.85. The van der Waals surface area contributed by atoms with Gasteiger partial charge in [-0.2, -0.15) is 0 Å². The predicted octanol–water partition coefficient (Wildman–Crippen LogP) is 2.28. The molecule has 0 bridgehead atoms. The standard InChI is InChI=1S/C14H15ClN2O2S/c15-12-4-1-2-5-13(12)20(19)9-3-8-17-10-11(16)6-7-14(17)18/h1-2,4-7,10H,3,8-9,16H2.